The van der Waals surface area contributed by atoms with Crippen molar-refractivity contribution in [1.29, 1.82) is 0 Å². The van der Waals surface area contributed by atoms with E-state index in [1.165, 1.54) is 0 Å². The highest BCUT2D eigenvalue weighted by Gasteiger charge is 2.14. The van der Waals surface area contributed by atoms with Crippen LogP contribution in [0.1, 0.15) is 16.2 Å². The number of benzene rings is 1. The van der Waals surface area contributed by atoms with Gasteiger partial charge in [-0.2, -0.15) is 4.98 Å². The van der Waals surface area contributed by atoms with Crippen molar-refractivity contribution in [2.75, 3.05) is 0 Å². The Balaban J connectivity index is 1.68. The zero-order valence-corrected chi connectivity index (χ0v) is 11.7. The Bertz CT molecular complexity index is 837. The standard InChI is InChI=1S/C15H10F2N4O2/c16-10-1-2-12(17)11(7-10)15(22)19-8-13-20-14(21-23-13)9-3-5-18-6-4-9/h1-7H,8H2,(H,19,22). The van der Waals surface area contributed by atoms with Gasteiger partial charge in [0.2, 0.25) is 11.7 Å². The fraction of sp³-hybridized carbons (Fsp3) is 0.0667. The predicted molar refractivity (Wildman–Crippen MR) is 75.1 cm³/mol. The van der Waals surface area contributed by atoms with E-state index in [0.717, 1.165) is 18.2 Å². The molecule has 2 heterocycles. The molecule has 0 aliphatic carbocycles. The molecule has 0 radical (unpaired) electrons. The van der Waals surface area contributed by atoms with Crippen LogP contribution < -0.4 is 5.32 Å². The molecule has 0 fully saturated rings. The molecule has 23 heavy (non-hydrogen) atoms. The fourth-order valence-electron chi connectivity index (χ4n) is 1.87. The van der Waals surface area contributed by atoms with E-state index in [1.54, 1.807) is 24.5 Å². The molecule has 0 saturated carbocycles. The smallest absolute Gasteiger partial charge is 0.254 e. The molecule has 1 N–H and O–H groups in total. The van der Waals surface area contributed by atoms with Crippen molar-refractivity contribution in [2.24, 2.45) is 0 Å². The first-order chi connectivity index (χ1) is 11.1. The van der Waals surface area contributed by atoms with Crippen LogP contribution in [0, 0.1) is 11.6 Å². The van der Waals surface area contributed by atoms with Gasteiger partial charge in [-0.05, 0) is 30.3 Å². The van der Waals surface area contributed by atoms with Crippen LogP contribution in [0.15, 0.2) is 47.2 Å². The van der Waals surface area contributed by atoms with Crippen LogP contribution in [0.2, 0.25) is 0 Å². The van der Waals surface area contributed by atoms with Gasteiger partial charge in [0, 0.05) is 18.0 Å². The molecule has 1 amide bonds. The molecule has 0 bridgehead atoms. The largest absolute Gasteiger partial charge is 0.343 e. The number of aromatic nitrogens is 3. The highest BCUT2D eigenvalue weighted by atomic mass is 19.1. The second kappa shape index (κ2) is 6.30. The van der Waals surface area contributed by atoms with Crippen LogP contribution in [0.5, 0.6) is 0 Å². The van der Waals surface area contributed by atoms with Gasteiger partial charge in [0.25, 0.3) is 5.91 Å². The fourth-order valence-corrected chi connectivity index (χ4v) is 1.87. The van der Waals surface area contributed by atoms with Crippen molar-refractivity contribution in [3.63, 3.8) is 0 Å². The first kappa shape index (κ1) is 14.8. The Morgan fingerprint density at radius 2 is 1.96 bits per heavy atom. The zero-order valence-electron chi connectivity index (χ0n) is 11.7. The summed E-state index contributed by atoms with van der Waals surface area (Å²) in [5.74, 6) is -1.80. The molecule has 0 atom stereocenters. The quantitative estimate of drug-likeness (QED) is 0.799. The number of amides is 1. The van der Waals surface area contributed by atoms with Gasteiger partial charge in [0.05, 0.1) is 12.1 Å². The Hall–Kier alpha value is -3.16. The van der Waals surface area contributed by atoms with Crippen LogP contribution >= 0.6 is 0 Å². The van der Waals surface area contributed by atoms with Crippen LogP contribution in [0.3, 0.4) is 0 Å². The van der Waals surface area contributed by atoms with Crippen molar-refractivity contribution in [1.82, 2.24) is 20.4 Å². The second-order valence-electron chi connectivity index (χ2n) is 4.55. The average Bonchev–Trinajstić information content (AvgIpc) is 3.05. The molecule has 0 aliphatic rings. The Kier molecular flexibility index (Phi) is 4.05. The van der Waals surface area contributed by atoms with Crippen molar-refractivity contribution in [3.05, 3.63) is 65.8 Å². The maximum absolute atomic E-state index is 13.5. The lowest BCUT2D eigenvalue weighted by atomic mass is 10.2. The minimum absolute atomic E-state index is 0.104. The highest BCUT2D eigenvalue weighted by Crippen LogP contribution is 2.14. The number of nitrogens with one attached hydrogen (secondary N) is 1. The van der Waals surface area contributed by atoms with E-state index >= 15 is 0 Å². The lowest BCUT2D eigenvalue weighted by molar-refractivity contribution is 0.0941. The minimum atomic E-state index is -0.813. The molecule has 0 spiro atoms. The summed E-state index contributed by atoms with van der Waals surface area (Å²) in [6.07, 6.45) is 3.17. The van der Waals surface area contributed by atoms with Crippen molar-refractivity contribution >= 4 is 5.91 Å². The highest BCUT2D eigenvalue weighted by molar-refractivity contribution is 5.94. The number of pyridine rings is 1. The van der Waals surface area contributed by atoms with Crippen LogP contribution in [0.4, 0.5) is 8.78 Å². The summed E-state index contributed by atoms with van der Waals surface area (Å²) in [4.78, 5) is 19.8. The molecule has 0 saturated heterocycles. The molecular formula is C15H10F2N4O2. The maximum Gasteiger partial charge on any atom is 0.254 e. The second-order valence-corrected chi connectivity index (χ2v) is 4.55. The van der Waals surface area contributed by atoms with Crippen molar-refractivity contribution in [2.45, 2.75) is 6.54 Å². The summed E-state index contributed by atoms with van der Waals surface area (Å²) in [5, 5.41) is 6.16. The van der Waals surface area contributed by atoms with E-state index in [0.29, 0.717) is 11.4 Å². The van der Waals surface area contributed by atoms with E-state index in [1.807, 2.05) is 0 Å². The molecular weight excluding hydrogens is 306 g/mol. The molecule has 8 heteroatoms. The molecule has 3 aromatic rings. The summed E-state index contributed by atoms with van der Waals surface area (Å²) in [6, 6.07) is 6.05. The number of rotatable bonds is 4. The van der Waals surface area contributed by atoms with Gasteiger partial charge in [-0.1, -0.05) is 5.16 Å². The number of hydrogen-bond acceptors (Lipinski definition) is 5. The van der Waals surface area contributed by atoms with Crippen LogP contribution in [-0.2, 0) is 6.54 Å². The molecule has 3 rings (SSSR count). The van der Waals surface area contributed by atoms with Crippen molar-refractivity contribution < 1.29 is 18.1 Å². The third-order valence-electron chi connectivity index (χ3n) is 2.98. The zero-order chi connectivity index (χ0) is 16.2. The SMILES string of the molecule is O=C(NCc1nc(-c2ccncc2)no1)c1cc(F)ccc1F. The molecule has 116 valence electrons. The summed E-state index contributed by atoms with van der Waals surface area (Å²) in [6.45, 7) is -0.104. The van der Waals surface area contributed by atoms with Gasteiger partial charge < -0.3 is 9.84 Å². The Morgan fingerprint density at radius 1 is 1.17 bits per heavy atom. The first-order valence-electron chi connectivity index (χ1n) is 6.60. The summed E-state index contributed by atoms with van der Waals surface area (Å²) in [5.41, 5.74) is 0.316. The van der Waals surface area contributed by atoms with Gasteiger partial charge in [0.15, 0.2) is 0 Å². The van der Waals surface area contributed by atoms with E-state index in [2.05, 4.69) is 20.4 Å². The van der Waals surface area contributed by atoms with Crippen molar-refractivity contribution in [3.8, 4) is 11.4 Å². The summed E-state index contributed by atoms with van der Waals surface area (Å²) < 4.78 is 31.6. The summed E-state index contributed by atoms with van der Waals surface area (Å²) in [7, 11) is 0. The van der Waals surface area contributed by atoms with E-state index in [9.17, 15) is 13.6 Å². The minimum Gasteiger partial charge on any atom is -0.343 e. The number of nitrogens with zero attached hydrogens (tertiary/aromatic N) is 3. The lowest BCUT2D eigenvalue weighted by Crippen LogP contribution is -2.24. The normalized spacial score (nSPS) is 10.5. The Morgan fingerprint density at radius 3 is 2.74 bits per heavy atom. The summed E-state index contributed by atoms with van der Waals surface area (Å²) >= 11 is 0. The van der Waals surface area contributed by atoms with Crippen LogP contribution in [0.25, 0.3) is 11.4 Å². The third kappa shape index (κ3) is 3.37. The van der Waals surface area contributed by atoms with E-state index in [4.69, 9.17) is 4.52 Å². The number of carbonyl (C=O) groups excluding carboxylic acids is 1. The molecule has 2 aromatic heterocycles. The number of carbonyl (C=O) groups is 1. The maximum atomic E-state index is 13.5. The number of halogens is 2. The van der Waals surface area contributed by atoms with Gasteiger partial charge in [-0.25, -0.2) is 8.78 Å². The predicted octanol–water partition coefficient (Wildman–Crippen LogP) is 2.34. The lowest BCUT2D eigenvalue weighted by Gasteiger charge is -2.03. The first-order valence-corrected chi connectivity index (χ1v) is 6.60. The van der Waals surface area contributed by atoms with E-state index < -0.39 is 17.5 Å². The molecule has 0 unspecified atom stereocenters. The molecule has 1 aromatic carbocycles. The van der Waals surface area contributed by atoms with Crippen LogP contribution in [-0.4, -0.2) is 21.0 Å². The average molecular weight is 316 g/mol. The van der Waals surface area contributed by atoms with E-state index in [-0.39, 0.29) is 18.0 Å². The third-order valence-corrected chi connectivity index (χ3v) is 2.98. The van der Waals surface area contributed by atoms with Gasteiger partial charge in [-0.15, -0.1) is 0 Å². The molecule has 0 aliphatic heterocycles. The monoisotopic (exact) mass is 316 g/mol. The Labute approximate surface area is 129 Å². The van der Waals surface area contributed by atoms with Gasteiger partial charge >= 0.3 is 0 Å². The number of hydrogen-bond donors (Lipinski definition) is 1. The van der Waals surface area contributed by atoms with Gasteiger partial charge in [-0.3, -0.25) is 9.78 Å². The topological polar surface area (TPSA) is 80.9 Å². The van der Waals surface area contributed by atoms with Gasteiger partial charge in [0.1, 0.15) is 11.6 Å². The molecule has 6 nitrogen and oxygen atoms in total.